The summed E-state index contributed by atoms with van der Waals surface area (Å²) in [5, 5.41) is 15.5. The molecule has 5 aliphatic rings. The first-order valence-corrected chi connectivity index (χ1v) is 45.8. The first kappa shape index (κ1) is 92.8. The van der Waals surface area contributed by atoms with E-state index in [1.807, 2.05) is 145 Å². The van der Waals surface area contributed by atoms with E-state index in [-0.39, 0.29) is 35.4 Å². The largest absolute Gasteiger partial charge is 0.346 e. The molecule has 660 valence electrons. The summed E-state index contributed by atoms with van der Waals surface area (Å²) in [5.74, 6) is -0.149. The maximum Gasteiger partial charge on any atom is 0.261 e. The van der Waals surface area contributed by atoms with E-state index in [0.29, 0.717) is 64.2 Å². The Morgan fingerprint density at radius 1 is 0.320 bits per heavy atom. The number of hydrogen-bond acceptors (Lipinski definition) is 15. The van der Waals surface area contributed by atoms with Gasteiger partial charge in [-0.1, -0.05) is 125 Å². The summed E-state index contributed by atoms with van der Waals surface area (Å²) in [6.45, 7) is 20.3. The lowest BCUT2D eigenvalue weighted by molar-refractivity contribution is -0.135. The first-order chi connectivity index (χ1) is 60.5. The number of halogens is 4. The Bertz CT molecular complexity index is 5640. The third kappa shape index (κ3) is 20.7. The highest BCUT2D eigenvalue weighted by Gasteiger charge is 2.42. The van der Waals surface area contributed by atoms with Crippen LogP contribution < -0.4 is 16.0 Å². The number of nitrogens with one attached hydrogen (secondary N) is 3. The van der Waals surface area contributed by atoms with Crippen LogP contribution in [0.5, 0.6) is 0 Å². The second-order valence-corrected chi connectivity index (χ2v) is 34.9. The Kier molecular flexibility index (Phi) is 32.0. The van der Waals surface area contributed by atoms with Crippen LogP contribution in [-0.2, 0) is 68.0 Å². The van der Waals surface area contributed by atoms with Crippen LogP contribution in [-0.4, -0.2) is 312 Å². The summed E-state index contributed by atoms with van der Waals surface area (Å²) in [6.07, 6.45) is 12.1. The number of alkyl halides is 4. The van der Waals surface area contributed by atoms with Gasteiger partial charge in [-0.15, -0.1) is 34.8 Å². The Hall–Kier alpha value is -9.81. The third-order valence-corrected chi connectivity index (χ3v) is 25.8. The summed E-state index contributed by atoms with van der Waals surface area (Å²) in [6, 6.07) is 48.5. The molecule has 24 nitrogen and oxygen atoms in total. The molecule has 17 rings (SSSR count). The van der Waals surface area contributed by atoms with Crippen molar-refractivity contribution in [3.8, 4) is 0 Å². The molecule has 0 fully saturated rings. The number of amides is 6. The monoisotopic (exact) mass is 1810 g/mol. The van der Waals surface area contributed by atoms with Crippen molar-refractivity contribution >= 4 is 185 Å². The van der Waals surface area contributed by atoms with Gasteiger partial charge in [-0.2, -0.15) is 0 Å². The fourth-order valence-electron chi connectivity index (χ4n) is 17.1. The molecule has 0 aliphatic carbocycles. The minimum atomic E-state index is -0.333. The fourth-order valence-corrected chi connectivity index (χ4v) is 17.5. The number of rotatable bonds is 13. The predicted octanol–water partition coefficient (Wildman–Crippen LogP) is 12.2. The Balaban J connectivity index is 0.000000150. The zero-order valence-electron chi connectivity index (χ0n) is 73.9. The number of carbonyl (C=O) groups excluding carboxylic acids is 6. The van der Waals surface area contributed by atoms with Gasteiger partial charge in [0.15, 0.2) is 0 Å². The van der Waals surface area contributed by atoms with Crippen molar-refractivity contribution in [3.63, 3.8) is 0 Å². The van der Waals surface area contributed by atoms with Crippen molar-refractivity contribution in [2.24, 2.45) is 0 Å². The average molecular weight is 1820 g/mol. The van der Waals surface area contributed by atoms with Crippen molar-refractivity contribution in [1.29, 1.82) is 0 Å². The number of fused-ring (bicyclic) bond motifs is 26. The van der Waals surface area contributed by atoms with Crippen LogP contribution in [0, 0.1) is 0 Å². The quantitative estimate of drug-likeness (QED) is 0.0727. The number of benzene rings is 6. The van der Waals surface area contributed by atoms with Gasteiger partial charge < -0.3 is 72.3 Å². The van der Waals surface area contributed by atoms with Crippen LogP contribution in [0.4, 0.5) is 0 Å². The Labute approximate surface area is 756 Å². The molecule has 0 unspecified atom stereocenters. The molecule has 125 heavy (non-hydrogen) atoms. The van der Waals surface area contributed by atoms with E-state index in [0.717, 1.165) is 235 Å². The van der Waals surface area contributed by atoms with E-state index < -0.39 is 0 Å². The molecule has 0 radical (unpaired) electrons. The van der Waals surface area contributed by atoms with E-state index in [1.54, 1.807) is 7.05 Å². The highest BCUT2D eigenvalue weighted by molar-refractivity contribution is 9.09. The first-order valence-electron chi connectivity index (χ1n) is 43.1. The van der Waals surface area contributed by atoms with Gasteiger partial charge in [0.05, 0.1) is 33.4 Å². The maximum atomic E-state index is 13.8. The smallest absolute Gasteiger partial charge is 0.261 e. The molecular formula is C97H118BrCl3N18O6. The van der Waals surface area contributed by atoms with E-state index in [4.69, 9.17) is 34.8 Å². The molecule has 6 aromatic carbocycles. The molecule has 0 saturated heterocycles. The summed E-state index contributed by atoms with van der Waals surface area (Å²) in [4.78, 5) is 100.0. The lowest BCUT2D eigenvalue weighted by Crippen LogP contribution is -2.37. The molecule has 11 heterocycles. The highest BCUT2D eigenvalue weighted by atomic mass is 79.9. The highest BCUT2D eigenvalue weighted by Crippen LogP contribution is 2.45. The fraction of sp³-hybridized carbons (Fsp3) is 0.381. The number of likely N-dealkylation sites (N-methyl/N-ethyl adjacent to an activating group) is 11. The minimum Gasteiger partial charge on any atom is -0.346 e. The van der Waals surface area contributed by atoms with E-state index in [1.165, 1.54) is 16.8 Å². The topological polar surface area (TPSA) is 197 Å². The minimum absolute atomic E-state index is 0.245. The lowest BCUT2D eigenvalue weighted by atomic mass is 9.95. The van der Waals surface area contributed by atoms with E-state index >= 15 is 0 Å². The molecular weight excluding hydrogens is 1700 g/mol. The van der Waals surface area contributed by atoms with Gasteiger partial charge in [-0.25, -0.2) is 0 Å². The van der Waals surface area contributed by atoms with Crippen LogP contribution in [0.1, 0.15) is 33.4 Å². The van der Waals surface area contributed by atoms with E-state index in [2.05, 4.69) is 195 Å². The molecule has 3 N–H and O–H groups in total. The summed E-state index contributed by atoms with van der Waals surface area (Å²) in [7, 11) is 22.3. The summed E-state index contributed by atoms with van der Waals surface area (Å²) >= 11 is 20.3. The van der Waals surface area contributed by atoms with Crippen LogP contribution in [0.15, 0.2) is 183 Å². The van der Waals surface area contributed by atoms with Crippen molar-refractivity contribution in [1.82, 2.24) is 87.5 Å². The normalized spacial score (nSPS) is 17.0. The summed E-state index contributed by atoms with van der Waals surface area (Å²) in [5.41, 5.74) is 13.8. The standard InChI is InChI=1S/C32H38N6O2.C31H36N6O2.C25H21Cl2N3O2.C7H19N3.C2H4BrCl/c1-33-13-15-34(2)17-19-37-21-25(23-9-5-7-11-27(23)37)29-30(32(40)36(4)31(29)39)26-22-38(20-18-35(3)16-14-33)28-12-8-6-10-24(26)28;1-33-12-14-34(2)16-18-36-20-24(22-8-4-6-10-26(22)36)28-29(31(39)32-30(28)38)25-21-37(19-17-35(3)15-13-33)27-11-7-5-9-23(25)27;1-28-24(31)22(18-14-29(12-10-26)20-8-4-2-6-16(18)20)23(25(28)32)19-15-30(13-11-27)21-9-5-3-7-17(19)21;1-8-4-6-10(3)7-5-9-2;3-1-2-4/h5-12,21-22H,13-20H2,1-4H3;4-11,20-21H,12-19H2,1-3H3,(H,32,38,39);2-9,14-15H,10-13H2,1H3;8-9H,4-7H2,1-3H3;1-2H2. The van der Waals surface area contributed by atoms with Gasteiger partial charge in [-0.05, 0) is 99.8 Å². The van der Waals surface area contributed by atoms with Gasteiger partial charge in [0.1, 0.15) is 0 Å². The van der Waals surface area contributed by atoms with Crippen molar-refractivity contribution in [2.45, 2.75) is 39.3 Å². The maximum absolute atomic E-state index is 13.8. The van der Waals surface area contributed by atoms with Crippen molar-refractivity contribution in [3.05, 3.63) is 216 Å². The van der Waals surface area contributed by atoms with Crippen LogP contribution in [0.25, 0.3) is 98.9 Å². The Morgan fingerprint density at radius 3 is 0.776 bits per heavy atom. The van der Waals surface area contributed by atoms with Crippen LogP contribution in [0.2, 0.25) is 0 Å². The average Bonchev–Trinajstić information content (AvgIpc) is 1.57. The van der Waals surface area contributed by atoms with Crippen molar-refractivity contribution in [2.75, 3.05) is 205 Å². The van der Waals surface area contributed by atoms with Crippen LogP contribution in [0.3, 0.4) is 0 Å². The van der Waals surface area contributed by atoms with Gasteiger partial charge in [0.2, 0.25) is 0 Å². The number of carbonyl (C=O) groups is 6. The molecule has 0 spiro atoms. The van der Waals surface area contributed by atoms with Gasteiger partial charge in [0.25, 0.3) is 35.4 Å². The number of nitrogens with zero attached hydrogens (tertiary/aromatic N) is 15. The molecule has 0 atom stereocenters. The molecule has 28 heteroatoms. The summed E-state index contributed by atoms with van der Waals surface area (Å²) < 4.78 is 13.0. The zero-order chi connectivity index (χ0) is 88.7. The molecule has 8 bridgehead atoms. The number of para-hydroxylation sites is 6. The molecule has 6 aromatic heterocycles. The number of imide groups is 3. The predicted molar refractivity (Wildman–Crippen MR) is 517 cm³/mol. The number of hydrogen-bond donors (Lipinski definition) is 3. The molecule has 0 saturated carbocycles. The van der Waals surface area contributed by atoms with Gasteiger partial charge >= 0.3 is 0 Å². The number of aromatic nitrogens is 6. The van der Waals surface area contributed by atoms with E-state index in [9.17, 15) is 28.8 Å². The van der Waals surface area contributed by atoms with Crippen LogP contribution >= 0.6 is 50.7 Å². The zero-order valence-corrected chi connectivity index (χ0v) is 77.7. The van der Waals surface area contributed by atoms with Gasteiger partial charge in [-0.3, -0.25) is 43.9 Å². The molecule has 5 aliphatic heterocycles. The second kappa shape index (κ2) is 43.1. The van der Waals surface area contributed by atoms with Gasteiger partial charge in [0, 0.05) is 317 Å². The second-order valence-electron chi connectivity index (χ2n) is 33.0. The third-order valence-electron chi connectivity index (χ3n) is 24.4. The van der Waals surface area contributed by atoms with Crippen molar-refractivity contribution < 1.29 is 28.8 Å². The Morgan fingerprint density at radius 2 is 0.536 bits per heavy atom. The number of aryl methyl sites for hydroxylation is 2. The molecule has 12 aromatic rings. The molecule has 6 amide bonds. The lowest BCUT2D eigenvalue weighted by Gasteiger charge is -2.25. The SMILES string of the molecule is CN1C(=O)C(c2cn(CCCl)c3ccccc23)=C(c2cn(CCCl)c3ccccc23)C1=O.CN1CCN(C)CCn2cc(c3ccccc32)C2=C(C(=O)N(C)C2=O)c2cn(c3ccccc23)CCN(C)CC1.CN1CCN(C)CCn2cc(c3ccccc32)C2=C(C(=O)NC2=O)c2cn(c3ccccc23)CCN(C)CC1.CNCCN(C)CCNC.ClCCBr.